The quantitative estimate of drug-likeness (QED) is 0.769. The second-order valence-corrected chi connectivity index (χ2v) is 3.74. The average Bonchev–Trinajstić information content (AvgIpc) is 2.55. The Labute approximate surface area is 96.2 Å². The predicted octanol–water partition coefficient (Wildman–Crippen LogP) is 1.34. The molecular formula is C11H21N3O2. The number of aryl methyl sites for hydroxylation is 1. The van der Waals surface area contributed by atoms with Crippen molar-refractivity contribution in [2.24, 2.45) is 5.73 Å². The first kappa shape index (κ1) is 13.0. The molecular weight excluding hydrogens is 206 g/mol. The molecule has 1 heterocycles. The van der Waals surface area contributed by atoms with Crippen LogP contribution in [0.25, 0.3) is 0 Å². The molecule has 0 aliphatic rings. The molecule has 0 amide bonds. The van der Waals surface area contributed by atoms with Crippen molar-refractivity contribution >= 4 is 0 Å². The van der Waals surface area contributed by atoms with Gasteiger partial charge in [0.15, 0.2) is 0 Å². The van der Waals surface area contributed by atoms with Gasteiger partial charge in [0.2, 0.25) is 0 Å². The third kappa shape index (κ3) is 2.54. The van der Waals surface area contributed by atoms with Crippen molar-refractivity contribution in [2.45, 2.75) is 46.4 Å². The maximum atomic E-state index is 9.33. The topological polar surface area (TPSA) is 73.3 Å². The molecule has 0 spiro atoms. The van der Waals surface area contributed by atoms with E-state index in [0.29, 0.717) is 12.6 Å². The van der Waals surface area contributed by atoms with Crippen LogP contribution in [-0.4, -0.2) is 21.3 Å². The Bertz CT molecular complexity index is 336. The minimum absolute atomic E-state index is 0.0661. The van der Waals surface area contributed by atoms with E-state index in [2.05, 4.69) is 11.9 Å². The monoisotopic (exact) mass is 227 g/mol. The van der Waals surface area contributed by atoms with Gasteiger partial charge in [0, 0.05) is 0 Å². The van der Waals surface area contributed by atoms with E-state index in [1.807, 2.05) is 13.8 Å². The van der Waals surface area contributed by atoms with Crippen molar-refractivity contribution < 1.29 is 9.84 Å². The molecule has 0 aromatic carbocycles. The molecule has 0 saturated heterocycles. The molecule has 0 bridgehead atoms. The van der Waals surface area contributed by atoms with Gasteiger partial charge >= 0.3 is 0 Å². The third-order valence-electron chi connectivity index (χ3n) is 2.52. The molecule has 16 heavy (non-hydrogen) atoms. The zero-order chi connectivity index (χ0) is 12.1. The Kier molecular flexibility index (Phi) is 4.76. The predicted molar refractivity (Wildman–Crippen MR) is 62.2 cm³/mol. The zero-order valence-corrected chi connectivity index (χ0v) is 10.2. The van der Waals surface area contributed by atoms with Gasteiger partial charge in [-0.25, -0.2) is 4.98 Å². The average molecular weight is 227 g/mol. The van der Waals surface area contributed by atoms with E-state index in [9.17, 15) is 5.11 Å². The molecule has 0 saturated carbocycles. The van der Waals surface area contributed by atoms with E-state index in [1.54, 1.807) is 4.57 Å². The first-order chi connectivity index (χ1) is 7.65. The molecule has 1 atom stereocenters. The normalized spacial score (nSPS) is 12.8. The molecule has 1 aromatic rings. The lowest BCUT2D eigenvalue weighted by molar-refractivity contribution is 0.245. The van der Waals surface area contributed by atoms with Crippen molar-refractivity contribution in [3.63, 3.8) is 0 Å². The van der Waals surface area contributed by atoms with Crippen LogP contribution in [0.5, 0.6) is 6.01 Å². The molecule has 1 aromatic heterocycles. The molecule has 1 unspecified atom stereocenters. The van der Waals surface area contributed by atoms with Crippen LogP contribution in [0.4, 0.5) is 0 Å². The van der Waals surface area contributed by atoms with Gasteiger partial charge in [-0.15, -0.1) is 0 Å². The van der Waals surface area contributed by atoms with Crippen molar-refractivity contribution in [1.82, 2.24) is 9.55 Å². The number of nitrogens with two attached hydrogens (primary N) is 1. The molecule has 0 aliphatic heterocycles. The third-order valence-corrected chi connectivity index (χ3v) is 2.52. The van der Waals surface area contributed by atoms with Crippen LogP contribution in [0.2, 0.25) is 0 Å². The Hall–Kier alpha value is -1.07. The second kappa shape index (κ2) is 5.86. The Balaban J connectivity index is 3.09. The number of aliphatic hydroxyl groups is 1. The lowest BCUT2D eigenvalue weighted by Crippen LogP contribution is -2.21. The van der Waals surface area contributed by atoms with Gasteiger partial charge in [-0.1, -0.05) is 13.3 Å². The summed E-state index contributed by atoms with van der Waals surface area (Å²) in [6.45, 7) is 6.30. The largest absolute Gasteiger partial charge is 0.465 e. The van der Waals surface area contributed by atoms with Crippen molar-refractivity contribution in [2.75, 3.05) is 6.61 Å². The lowest BCUT2D eigenvalue weighted by Gasteiger charge is -2.17. The zero-order valence-electron chi connectivity index (χ0n) is 10.2. The smallest absolute Gasteiger partial charge is 0.298 e. The Morgan fingerprint density at radius 1 is 1.50 bits per heavy atom. The molecule has 5 nitrogen and oxygen atoms in total. The SMILES string of the molecule is CCCC(N)n1c(OCC)nc(C)c1CO. The number of aliphatic hydroxyl groups excluding tert-OH is 1. The standard InChI is InChI=1S/C11H21N3O2/c1-4-6-10(12)14-9(7-15)8(3)13-11(14)16-5-2/h10,15H,4-7,12H2,1-3H3. The summed E-state index contributed by atoms with van der Waals surface area (Å²) in [6, 6.07) is 0.505. The van der Waals surface area contributed by atoms with Gasteiger partial charge in [0.1, 0.15) is 0 Å². The van der Waals surface area contributed by atoms with E-state index in [4.69, 9.17) is 10.5 Å². The van der Waals surface area contributed by atoms with Crippen molar-refractivity contribution in [3.8, 4) is 6.01 Å². The van der Waals surface area contributed by atoms with Crippen molar-refractivity contribution in [3.05, 3.63) is 11.4 Å². The highest BCUT2D eigenvalue weighted by atomic mass is 16.5. The van der Waals surface area contributed by atoms with Crippen LogP contribution < -0.4 is 10.5 Å². The molecule has 5 heteroatoms. The minimum atomic E-state index is -0.185. The van der Waals surface area contributed by atoms with Crippen molar-refractivity contribution in [1.29, 1.82) is 0 Å². The number of imidazole rings is 1. The highest BCUT2D eigenvalue weighted by molar-refractivity contribution is 5.19. The molecule has 3 N–H and O–H groups in total. The van der Waals surface area contributed by atoms with Gasteiger partial charge in [-0.3, -0.25) is 4.57 Å². The summed E-state index contributed by atoms with van der Waals surface area (Å²) in [5.41, 5.74) is 7.57. The van der Waals surface area contributed by atoms with Crippen LogP contribution in [0.3, 0.4) is 0 Å². The minimum Gasteiger partial charge on any atom is -0.465 e. The number of hydrogen-bond acceptors (Lipinski definition) is 4. The maximum absolute atomic E-state index is 9.33. The van der Waals surface area contributed by atoms with Gasteiger partial charge in [0.25, 0.3) is 6.01 Å². The molecule has 1 rings (SSSR count). The lowest BCUT2D eigenvalue weighted by atomic mass is 10.2. The summed E-state index contributed by atoms with van der Waals surface area (Å²) < 4.78 is 7.22. The second-order valence-electron chi connectivity index (χ2n) is 3.74. The number of rotatable bonds is 6. The van der Waals surface area contributed by atoms with Gasteiger partial charge in [-0.2, -0.15) is 0 Å². The number of hydrogen-bond donors (Lipinski definition) is 2. The fraction of sp³-hybridized carbons (Fsp3) is 0.727. The van der Waals surface area contributed by atoms with E-state index in [-0.39, 0.29) is 12.8 Å². The van der Waals surface area contributed by atoms with E-state index in [1.165, 1.54) is 0 Å². The summed E-state index contributed by atoms with van der Waals surface area (Å²) in [5, 5.41) is 9.33. The van der Waals surface area contributed by atoms with Crippen LogP contribution in [0.1, 0.15) is 44.2 Å². The maximum Gasteiger partial charge on any atom is 0.298 e. The van der Waals surface area contributed by atoms with Gasteiger partial charge in [0.05, 0.1) is 30.8 Å². The molecule has 92 valence electrons. The first-order valence-corrected chi connectivity index (χ1v) is 5.72. The molecule has 0 radical (unpaired) electrons. The Morgan fingerprint density at radius 2 is 2.19 bits per heavy atom. The van der Waals surface area contributed by atoms with E-state index < -0.39 is 0 Å². The van der Waals surface area contributed by atoms with Crippen LogP contribution in [-0.2, 0) is 6.61 Å². The number of nitrogens with zero attached hydrogens (tertiary/aromatic N) is 2. The summed E-state index contributed by atoms with van der Waals surface area (Å²) in [6.07, 6.45) is 1.63. The van der Waals surface area contributed by atoms with Gasteiger partial charge < -0.3 is 15.6 Å². The highest BCUT2D eigenvalue weighted by Gasteiger charge is 2.19. The molecule has 0 aliphatic carbocycles. The fourth-order valence-electron chi connectivity index (χ4n) is 1.74. The van der Waals surface area contributed by atoms with Gasteiger partial charge in [-0.05, 0) is 20.3 Å². The summed E-state index contributed by atoms with van der Waals surface area (Å²) >= 11 is 0. The van der Waals surface area contributed by atoms with E-state index >= 15 is 0 Å². The van der Waals surface area contributed by atoms with Crippen LogP contribution in [0.15, 0.2) is 0 Å². The summed E-state index contributed by atoms with van der Waals surface area (Å²) in [5.74, 6) is 0. The number of ether oxygens (including phenoxy) is 1. The first-order valence-electron chi connectivity index (χ1n) is 5.72. The van der Waals surface area contributed by atoms with Crippen LogP contribution >= 0.6 is 0 Å². The summed E-state index contributed by atoms with van der Waals surface area (Å²) in [4.78, 5) is 4.28. The molecule has 0 fully saturated rings. The van der Waals surface area contributed by atoms with Crippen LogP contribution in [0, 0.1) is 6.92 Å². The number of aromatic nitrogens is 2. The fourth-order valence-corrected chi connectivity index (χ4v) is 1.74. The van der Waals surface area contributed by atoms with E-state index in [0.717, 1.165) is 24.2 Å². The highest BCUT2D eigenvalue weighted by Crippen LogP contribution is 2.23. The Morgan fingerprint density at radius 3 is 2.69 bits per heavy atom. The summed E-state index contributed by atoms with van der Waals surface area (Å²) in [7, 11) is 0.